The fraction of sp³-hybridized carbons (Fsp3) is 0.286. The molecule has 146 valence electrons. The normalized spacial score (nSPS) is 10.6. The lowest BCUT2D eigenvalue weighted by Crippen LogP contribution is -2.33. The Morgan fingerprint density at radius 3 is 2.75 bits per heavy atom. The van der Waals surface area contributed by atoms with E-state index in [0.717, 1.165) is 29.2 Å². The van der Waals surface area contributed by atoms with Crippen LogP contribution in [0.5, 0.6) is 0 Å². The number of para-hydroxylation sites is 1. The van der Waals surface area contributed by atoms with Crippen molar-refractivity contribution in [1.29, 1.82) is 0 Å². The predicted octanol–water partition coefficient (Wildman–Crippen LogP) is 3.56. The number of aryl methyl sites for hydroxylation is 1. The van der Waals surface area contributed by atoms with Gasteiger partial charge in [0.15, 0.2) is 10.6 Å². The van der Waals surface area contributed by atoms with Crippen LogP contribution in [-0.4, -0.2) is 40.8 Å². The van der Waals surface area contributed by atoms with Crippen molar-refractivity contribution in [3.8, 4) is 11.4 Å². The standard InChI is InChI=1S/C21H25N5OS/c1-16-7-6-8-17(15-16)20-23-24-21(28)26(20)13-11-19(27)22-12-14-25(2)18-9-4-3-5-10-18/h3-10,15H,11-14H2,1-2H3,(H,22,27)(H,24,28). The second-order valence-electron chi connectivity index (χ2n) is 6.73. The molecular formula is C21H25N5OS. The van der Waals surface area contributed by atoms with Crippen molar-refractivity contribution in [2.75, 3.05) is 25.0 Å². The number of anilines is 1. The molecule has 0 atom stereocenters. The first-order valence-corrected chi connectivity index (χ1v) is 9.70. The number of likely N-dealkylation sites (N-methyl/N-ethyl adjacent to an activating group) is 1. The number of carbonyl (C=O) groups excluding carboxylic acids is 1. The van der Waals surface area contributed by atoms with Gasteiger partial charge < -0.3 is 10.2 Å². The van der Waals surface area contributed by atoms with Crippen LogP contribution in [-0.2, 0) is 11.3 Å². The molecule has 0 bridgehead atoms. The molecule has 1 aromatic heterocycles. The minimum Gasteiger partial charge on any atom is -0.373 e. The van der Waals surface area contributed by atoms with Gasteiger partial charge in [0.25, 0.3) is 0 Å². The Balaban J connectivity index is 1.53. The topological polar surface area (TPSA) is 66.0 Å². The zero-order chi connectivity index (χ0) is 19.9. The summed E-state index contributed by atoms with van der Waals surface area (Å²) < 4.78 is 2.40. The SMILES string of the molecule is Cc1cccc(-c2n[nH]c(=S)n2CCC(=O)NCCN(C)c2ccccc2)c1. The van der Waals surface area contributed by atoms with Gasteiger partial charge in [0.05, 0.1) is 0 Å². The highest BCUT2D eigenvalue weighted by atomic mass is 32.1. The molecule has 1 heterocycles. The smallest absolute Gasteiger partial charge is 0.221 e. The van der Waals surface area contributed by atoms with Crippen molar-refractivity contribution in [2.24, 2.45) is 0 Å². The van der Waals surface area contributed by atoms with Crippen LogP contribution >= 0.6 is 12.2 Å². The number of carbonyl (C=O) groups is 1. The van der Waals surface area contributed by atoms with Crippen molar-refractivity contribution in [1.82, 2.24) is 20.1 Å². The largest absolute Gasteiger partial charge is 0.373 e. The first-order valence-electron chi connectivity index (χ1n) is 9.30. The highest BCUT2D eigenvalue weighted by Crippen LogP contribution is 2.18. The van der Waals surface area contributed by atoms with Gasteiger partial charge in [0.1, 0.15) is 0 Å². The molecule has 6 nitrogen and oxygen atoms in total. The molecule has 0 aliphatic rings. The summed E-state index contributed by atoms with van der Waals surface area (Å²) in [5.74, 6) is 0.755. The lowest BCUT2D eigenvalue weighted by Gasteiger charge is -2.19. The molecule has 0 unspecified atom stereocenters. The van der Waals surface area contributed by atoms with Gasteiger partial charge in [0.2, 0.25) is 5.91 Å². The number of H-pyrrole nitrogens is 1. The van der Waals surface area contributed by atoms with Gasteiger partial charge in [-0.05, 0) is 37.3 Å². The lowest BCUT2D eigenvalue weighted by atomic mass is 10.1. The number of nitrogens with zero attached hydrogens (tertiary/aromatic N) is 3. The Hall–Kier alpha value is -2.93. The zero-order valence-electron chi connectivity index (χ0n) is 16.2. The van der Waals surface area contributed by atoms with Gasteiger partial charge in [-0.2, -0.15) is 5.10 Å². The molecule has 7 heteroatoms. The maximum atomic E-state index is 12.3. The number of amides is 1. The maximum absolute atomic E-state index is 12.3. The van der Waals surface area contributed by atoms with Crippen molar-refractivity contribution in [3.05, 3.63) is 64.9 Å². The summed E-state index contributed by atoms with van der Waals surface area (Å²) in [6, 6.07) is 18.2. The van der Waals surface area contributed by atoms with Crippen molar-refractivity contribution >= 4 is 23.8 Å². The monoisotopic (exact) mass is 395 g/mol. The minimum absolute atomic E-state index is 0.000228. The fourth-order valence-corrected chi connectivity index (χ4v) is 3.23. The number of aromatic nitrogens is 3. The van der Waals surface area contributed by atoms with E-state index in [4.69, 9.17) is 12.2 Å². The third-order valence-corrected chi connectivity index (χ3v) is 4.88. The van der Waals surface area contributed by atoms with E-state index >= 15 is 0 Å². The number of hydrogen-bond donors (Lipinski definition) is 2. The van der Waals surface area contributed by atoms with Crippen molar-refractivity contribution < 1.29 is 4.79 Å². The van der Waals surface area contributed by atoms with Crippen molar-refractivity contribution in [3.63, 3.8) is 0 Å². The summed E-state index contributed by atoms with van der Waals surface area (Å²) in [6.07, 6.45) is 0.349. The molecule has 2 aromatic carbocycles. The van der Waals surface area contributed by atoms with E-state index in [-0.39, 0.29) is 5.91 Å². The molecular weight excluding hydrogens is 370 g/mol. The zero-order valence-corrected chi connectivity index (χ0v) is 17.0. The van der Waals surface area contributed by atoms with Crippen molar-refractivity contribution in [2.45, 2.75) is 19.9 Å². The molecule has 0 aliphatic carbocycles. The van der Waals surface area contributed by atoms with E-state index in [1.807, 2.05) is 54.9 Å². The van der Waals surface area contributed by atoms with Gasteiger partial charge in [0, 0.05) is 44.4 Å². The summed E-state index contributed by atoms with van der Waals surface area (Å²) in [6.45, 7) is 3.86. The molecule has 1 amide bonds. The van der Waals surface area contributed by atoms with E-state index in [0.29, 0.717) is 24.3 Å². The summed E-state index contributed by atoms with van der Waals surface area (Å²) in [5.41, 5.74) is 3.26. The summed E-state index contributed by atoms with van der Waals surface area (Å²) in [7, 11) is 2.01. The molecule has 2 N–H and O–H groups in total. The Morgan fingerprint density at radius 1 is 1.21 bits per heavy atom. The van der Waals surface area contributed by atoms with E-state index in [1.54, 1.807) is 0 Å². The van der Waals surface area contributed by atoms with E-state index in [2.05, 4.69) is 38.6 Å². The molecule has 0 radical (unpaired) electrons. The highest BCUT2D eigenvalue weighted by Gasteiger charge is 2.11. The van der Waals surface area contributed by atoms with Gasteiger partial charge in [-0.1, -0.05) is 42.0 Å². The second-order valence-corrected chi connectivity index (χ2v) is 7.12. The van der Waals surface area contributed by atoms with Gasteiger partial charge >= 0.3 is 0 Å². The van der Waals surface area contributed by atoms with Gasteiger partial charge in [-0.15, -0.1) is 0 Å². The second kappa shape index (κ2) is 9.32. The molecule has 0 spiro atoms. The van der Waals surface area contributed by atoms with Crippen LogP contribution in [0.1, 0.15) is 12.0 Å². The predicted molar refractivity (Wildman–Crippen MR) is 115 cm³/mol. The molecule has 28 heavy (non-hydrogen) atoms. The van der Waals surface area contributed by atoms with Crippen LogP contribution in [0.3, 0.4) is 0 Å². The number of hydrogen-bond acceptors (Lipinski definition) is 4. The minimum atomic E-state index is -0.000228. The summed E-state index contributed by atoms with van der Waals surface area (Å²) in [4.78, 5) is 14.4. The first kappa shape index (κ1) is 19.8. The molecule has 0 aliphatic heterocycles. The van der Waals surface area contributed by atoms with Gasteiger partial charge in [-0.3, -0.25) is 14.5 Å². The van der Waals surface area contributed by atoms with Gasteiger partial charge in [-0.25, -0.2) is 0 Å². The van der Waals surface area contributed by atoms with E-state index in [1.165, 1.54) is 0 Å². The van der Waals surface area contributed by atoms with Crippen LogP contribution in [0, 0.1) is 11.7 Å². The van der Waals surface area contributed by atoms with Crippen LogP contribution < -0.4 is 10.2 Å². The number of benzene rings is 2. The van der Waals surface area contributed by atoms with E-state index in [9.17, 15) is 4.79 Å². The Kier molecular flexibility index (Phi) is 6.60. The Bertz CT molecular complexity index is 980. The first-order chi connectivity index (χ1) is 13.5. The molecule has 3 rings (SSSR count). The lowest BCUT2D eigenvalue weighted by molar-refractivity contribution is -0.121. The quantitative estimate of drug-likeness (QED) is 0.573. The van der Waals surface area contributed by atoms with Crippen LogP contribution in [0.4, 0.5) is 5.69 Å². The molecule has 0 fully saturated rings. The van der Waals surface area contributed by atoms with Crippen LogP contribution in [0.25, 0.3) is 11.4 Å². The van der Waals surface area contributed by atoms with Crippen LogP contribution in [0.15, 0.2) is 54.6 Å². The average Bonchev–Trinajstić information content (AvgIpc) is 3.07. The number of rotatable bonds is 8. The average molecular weight is 396 g/mol. The third kappa shape index (κ3) is 5.07. The molecule has 3 aromatic rings. The fourth-order valence-electron chi connectivity index (χ4n) is 3.01. The van der Waals surface area contributed by atoms with Crippen LogP contribution in [0.2, 0.25) is 0 Å². The Labute approximate surface area is 170 Å². The molecule has 0 saturated heterocycles. The number of aromatic amines is 1. The van der Waals surface area contributed by atoms with E-state index < -0.39 is 0 Å². The highest BCUT2D eigenvalue weighted by molar-refractivity contribution is 7.71. The summed E-state index contributed by atoms with van der Waals surface area (Å²) >= 11 is 5.34. The Morgan fingerprint density at radius 2 is 2.00 bits per heavy atom. The molecule has 0 saturated carbocycles. The number of nitrogens with one attached hydrogen (secondary N) is 2. The third-order valence-electron chi connectivity index (χ3n) is 4.56. The maximum Gasteiger partial charge on any atom is 0.221 e. The summed E-state index contributed by atoms with van der Waals surface area (Å²) in [5, 5.41) is 10.1.